The van der Waals surface area contributed by atoms with E-state index in [0.717, 1.165) is 0 Å². The number of benzene rings is 1. The van der Waals surface area contributed by atoms with Gasteiger partial charge < -0.3 is 20.1 Å². The Labute approximate surface area is 135 Å². The van der Waals surface area contributed by atoms with Crippen molar-refractivity contribution in [2.75, 3.05) is 29.7 Å². The largest absolute Gasteiger partial charge is 0.492 e. The van der Waals surface area contributed by atoms with Crippen LogP contribution in [0.25, 0.3) is 0 Å². The van der Waals surface area contributed by atoms with Crippen molar-refractivity contribution in [2.45, 2.75) is 27.2 Å². The van der Waals surface area contributed by atoms with Crippen LogP contribution >= 0.6 is 11.6 Å². The molecule has 0 saturated carbocycles. The summed E-state index contributed by atoms with van der Waals surface area (Å²) in [6.45, 7) is 6.26. The number of hydrogen-bond acceptors (Lipinski definition) is 4. The zero-order valence-corrected chi connectivity index (χ0v) is 13.8. The van der Waals surface area contributed by atoms with E-state index in [1.165, 1.54) is 0 Å². The highest BCUT2D eigenvalue weighted by atomic mass is 35.5. The lowest BCUT2D eigenvalue weighted by Crippen LogP contribution is -2.15. The molecule has 0 saturated heterocycles. The van der Waals surface area contributed by atoms with Gasteiger partial charge >= 0.3 is 0 Å². The van der Waals surface area contributed by atoms with Gasteiger partial charge in [-0.1, -0.05) is 6.92 Å². The standard InChI is InChI=1S/C15H21ClN2O4/c1-4-14(19)17-10-7-13(22-6-3)11(18-15(20)9-16)8-12(10)21-5-2/h7-8H,4-6,9H2,1-3H3,(H,17,19)(H,18,20). The summed E-state index contributed by atoms with van der Waals surface area (Å²) in [4.78, 5) is 23.1. The van der Waals surface area contributed by atoms with E-state index in [2.05, 4.69) is 10.6 Å². The van der Waals surface area contributed by atoms with Crippen LogP contribution in [0.3, 0.4) is 0 Å². The number of rotatable bonds is 8. The molecule has 0 radical (unpaired) electrons. The van der Waals surface area contributed by atoms with E-state index in [9.17, 15) is 9.59 Å². The van der Waals surface area contributed by atoms with Gasteiger partial charge in [0.2, 0.25) is 11.8 Å². The number of halogens is 1. The Bertz CT molecular complexity index is 487. The summed E-state index contributed by atoms with van der Waals surface area (Å²) in [5.41, 5.74) is 0.950. The number of carbonyl (C=O) groups excluding carboxylic acids is 2. The van der Waals surface area contributed by atoms with Crippen molar-refractivity contribution in [1.29, 1.82) is 0 Å². The molecule has 0 unspecified atom stereocenters. The van der Waals surface area contributed by atoms with Crippen LogP contribution in [0.2, 0.25) is 0 Å². The van der Waals surface area contributed by atoms with E-state index in [0.29, 0.717) is 42.5 Å². The molecule has 22 heavy (non-hydrogen) atoms. The Morgan fingerprint density at radius 3 is 1.77 bits per heavy atom. The number of amides is 2. The smallest absolute Gasteiger partial charge is 0.239 e. The van der Waals surface area contributed by atoms with E-state index < -0.39 is 0 Å². The number of hydrogen-bond donors (Lipinski definition) is 2. The highest BCUT2D eigenvalue weighted by Crippen LogP contribution is 2.37. The SMILES string of the molecule is CCOc1cc(NC(=O)CCl)c(OCC)cc1NC(=O)CC. The van der Waals surface area contributed by atoms with Crippen LogP contribution in [-0.2, 0) is 9.59 Å². The van der Waals surface area contributed by atoms with Gasteiger partial charge in [0.25, 0.3) is 0 Å². The van der Waals surface area contributed by atoms with Gasteiger partial charge in [0.1, 0.15) is 17.4 Å². The summed E-state index contributed by atoms with van der Waals surface area (Å²) >= 11 is 5.51. The lowest BCUT2D eigenvalue weighted by Gasteiger charge is -2.17. The van der Waals surface area contributed by atoms with Gasteiger partial charge in [-0.25, -0.2) is 0 Å². The third-order valence-electron chi connectivity index (χ3n) is 2.67. The monoisotopic (exact) mass is 328 g/mol. The molecule has 1 aromatic rings. The summed E-state index contributed by atoms with van der Waals surface area (Å²) in [5.74, 6) is 0.244. The maximum absolute atomic E-state index is 11.6. The first-order valence-corrected chi connectivity index (χ1v) is 7.68. The molecule has 7 heteroatoms. The second kappa shape index (κ2) is 9.15. The fourth-order valence-corrected chi connectivity index (χ4v) is 1.79. The molecule has 6 nitrogen and oxygen atoms in total. The molecule has 1 aromatic carbocycles. The third-order valence-corrected chi connectivity index (χ3v) is 2.91. The average Bonchev–Trinajstić information content (AvgIpc) is 2.51. The lowest BCUT2D eigenvalue weighted by atomic mass is 10.2. The maximum atomic E-state index is 11.6. The fraction of sp³-hybridized carbons (Fsp3) is 0.467. The Hall–Kier alpha value is -1.95. The van der Waals surface area contributed by atoms with Crippen molar-refractivity contribution in [3.63, 3.8) is 0 Å². The summed E-state index contributed by atoms with van der Waals surface area (Å²) in [6, 6.07) is 3.25. The fourth-order valence-electron chi connectivity index (χ4n) is 1.73. The molecular formula is C15H21ClN2O4. The van der Waals surface area contributed by atoms with E-state index >= 15 is 0 Å². The van der Waals surface area contributed by atoms with Gasteiger partial charge in [-0.3, -0.25) is 9.59 Å². The second-order valence-electron chi connectivity index (χ2n) is 4.29. The first kappa shape index (κ1) is 18.1. The Balaban J connectivity index is 3.23. The van der Waals surface area contributed by atoms with Crippen molar-refractivity contribution in [3.8, 4) is 11.5 Å². The Morgan fingerprint density at radius 1 is 0.955 bits per heavy atom. The molecule has 0 aliphatic heterocycles. The van der Waals surface area contributed by atoms with Crippen molar-refractivity contribution in [1.82, 2.24) is 0 Å². The van der Waals surface area contributed by atoms with Gasteiger partial charge in [-0.2, -0.15) is 0 Å². The predicted octanol–water partition coefficient (Wildman–Crippen LogP) is 3.01. The summed E-state index contributed by atoms with van der Waals surface area (Å²) in [5, 5.41) is 5.41. The second-order valence-corrected chi connectivity index (χ2v) is 4.56. The molecular weight excluding hydrogens is 308 g/mol. The quantitative estimate of drug-likeness (QED) is 0.719. The molecule has 2 amide bonds. The number of anilines is 2. The van der Waals surface area contributed by atoms with E-state index in [1.54, 1.807) is 19.1 Å². The molecule has 0 bridgehead atoms. The Kier molecular flexibility index (Phi) is 7.52. The summed E-state index contributed by atoms with van der Waals surface area (Å²) in [6.07, 6.45) is 0.347. The van der Waals surface area contributed by atoms with Crippen LogP contribution in [-0.4, -0.2) is 30.9 Å². The maximum Gasteiger partial charge on any atom is 0.239 e. The average molecular weight is 329 g/mol. The molecule has 0 spiro atoms. The zero-order chi connectivity index (χ0) is 16.5. The van der Waals surface area contributed by atoms with Crippen molar-refractivity contribution < 1.29 is 19.1 Å². The molecule has 0 atom stereocenters. The van der Waals surface area contributed by atoms with Crippen LogP contribution in [0.4, 0.5) is 11.4 Å². The van der Waals surface area contributed by atoms with E-state index in [1.807, 2.05) is 13.8 Å². The predicted molar refractivity (Wildman–Crippen MR) is 87.1 cm³/mol. The molecule has 0 heterocycles. The molecule has 0 aliphatic rings. The number of nitrogens with one attached hydrogen (secondary N) is 2. The summed E-state index contributed by atoms with van der Waals surface area (Å²) < 4.78 is 11.0. The number of alkyl halides is 1. The van der Waals surface area contributed by atoms with Crippen LogP contribution in [0.1, 0.15) is 27.2 Å². The van der Waals surface area contributed by atoms with Crippen molar-refractivity contribution in [3.05, 3.63) is 12.1 Å². The van der Waals surface area contributed by atoms with E-state index in [-0.39, 0.29) is 17.7 Å². The molecule has 0 aromatic heterocycles. The normalized spacial score (nSPS) is 10.0. The molecule has 2 N–H and O–H groups in total. The topological polar surface area (TPSA) is 76.7 Å². The Morgan fingerprint density at radius 2 is 1.41 bits per heavy atom. The number of ether oxygens (including phenoxy) is 2. The van der Waals surface area contributed by atoms with Crippen LogP contribution in [0, 0.1) is 0 Å². The number of carbonyl (C=O) groups is 2. The highest BCUT2D eigenvalue weighted by Gasteiger charge is 2.15. The zero-order valence-electron chi connectivity index (χ0n) is 13.0. The first-order chi connectivity index (χ1) is 10.5. The van der Waals surface area contributed by atoms with Crippen molar-refractivity contribution >= 4 is 34.8 Å². The van der Waals surface area contributed by atoms with Crippen molar-refractivity contribution in [2.24, 2.45) is 0 Å². The van der Waals surface area contributed by atoms with Crippen LogP contribution in [0.5, 0.6) is 11.5 Å². The van der Waals surface area contributed by atoms with Gasteiger partial charge in [0.05, 0.1) is 24.6 Å². The van der Waals surface area contributed by atoms with E-state index in [4.69, 9.17) is 21.1 Å². The molecule has 1 rings (SSSR count). The highest BCUT2D eigenvalue weighted by molar-refractivity contribution is 6.29. The molecule has 0 fully saturated rings. The minimum atomic E-state index is -0.351. The molecule has 122 valence electrons. The van der Waals surface area contributed by atoms with Gasteiger partial charge in [0, 0.05) is 18.6 Å². The minimum Gasteiger partial charge on any atom is -0.492 e. The molecule has 0 aliphatic carbocycles. The lowest BCUT2D eigenvalue weighted by molar-refractivity contribution is -0.116. The van der Waals surface area contributed by atoms with Gasteiger partial charge in [-0.05, 0) is 13.8 Å². The minimum absolute atomic E-state index is 0.138. The van der Waals surface area contributed by atoms with Crippen LogP contribution in [0.15, 0.2) is 12.1 Å². The van der Waals surface area contributed by atoms with Gasteiger partial charge in [-0.15, -0.1) is 11.6 Å². The van der Waals surface area contributed by atoms with Crippen LogP contribution < -0.4 is 20.1 Å². The summed E-state index contributed by atoms with van der Waals surface area (Å²) in [7, 11) is 0. The third kappa shape index (κ3) is 5.11. The van der Waals surface area contributed by atoms with Gasteiger partial charge in [0.15, 0.2) is 0 Å². The first-order valence-electron chi connectivity index (χ1n) is 7.14.